The van der Waals surface area contributed by atoms with E-state index in [1.54, 1.807) is 12.1 Å². The van der Waals surface area contributed by atoms with E-state index in [0.717, 1.165) is 46.8 Å². The summed E-state index contributed by atoms with van der Waals surface area (Å²) in [7, 11) is 0. The summed E-state index contributed by atoms with van der Waals surface area (Å²) >= 11 is 6.52. The average Bonchev–Trinajstić information content (AvgIpc) is 2.66. The van der Waals surface area contributed by atoms with E-state index in [4.69, 9.17) is 14.3 Å². The molecule has 0 N–H and O–H groups in total. The number of unbranched alkanes of at least 4 members (excludes halogenated alkanes) is 4. The molecule has 1 rings (SSSR count). The summed E-state index contributed by atoms with van der Waals surface area (Å²) in [5, 5.41) is 3.92. The van der Waals surface area contributed by atoms with Crippen LogP contribution >= 0.6 is 31.9 Å². The zero-order valence-corrected chi connectivity index (χ0v) is 21.0. The summed E-state index contributed by atoms with van der Waals surface area (Å²) in [6.45, 7) is 9.21. The normalized spacial score (nSPS) is 10.4. The lowest BCUT2D eigenvalue weighted by atomic mass is 10.1. The van der Waals surface area contributed by atoms with Crippen LogP contribution in [0.1, 0.15) is 64.0 Å². The van der Waals surface area contributed by atoms with E-state index in [-0.39, 0.29) is 18.2 Å². The number of ether oxygens (including phenoxy) is 2. The Bertz CT molecular complexity index is 685. The van der Waals surface area contributed by atoms with Crippen molar-refractivity contribution in [3.8, 4) is 11.5 Å². The number of rotatable bonds is 14. The number of nitrogens with zero attached hydrogens (tertiary/aromatic N) is 1. The first-order valence-electron chi connectivity index (χ1n) is 10.1. The predicted octanol–water partition coefficient (Wildman–Crippen LogP) is 7.45. The van der Waals surface area contributed by atoms with E-state index in [9.17, 15) is 4.39 Å². The maximum absolute atomic E-state index is 14.8. The number of aryl methyl sites for hydroxylation is 1. The molecule has 29 heavy (non-hydrogen) atoms. The zero-order valence-electron chi connectivity index (χ0n) is 17.8. The molecule has 0 aliphatic rings. The lowest BCUT2D eigenvalue weighted by Crippen LogP contribution is -2.06. The van der Waals surface area contributed by atoms with Gasteiger partial charge in [-0.3, -0.25) is 0 Å². The Morgan fingerprint density at radius 1 is 1.07 bits per heavy atom. The second-order valence-electron chi connectivity index (χ2n) is 6.96. The maximum atomic E-state index is 14.8. The van der Waals surface area contributed by atoms with Crippen LogP contribution in [-0.4, -0.2) is 25.5 Å². The van der Waals surface area contributed by atoms with Gasteiger partial charge >= 0.3 is 0 Å². The van der Waals surface area contributed by atoms with Crippen molar-refractivity contribution in [2.75, 3.05) is 19.8 Å². The van der Waals surface area contributed by atoms with Gasteiger partial charge in [-0.25, -0.2) is 4.39 Å². The molecule has 0 saturated carbocycles. The Kier molecular flexibility index (Phi) is 13.3. The lowest BCUT2D eigenvalue weighted by molar-refractivity contribution is 0.139. The topological polar surface area (TPSA) is 40.0 Å². The maximum Gasteiger partial charge on any atom is 0.171 e. The molecule has 7 heteroatoms. The van der Waals surface area contributed by atoms with Crippen LogP contribution in [-0.2, 0) is 11.3 Å². The molecule has 0 aliphatic heterocycles. The fraction of sp³-hybridized carbons (Fsp3) is 0.591. The summed E-state index contributed by atoms with van der Waals surface area (Å²) in [6.07, 6.45) is 7.58. The second-order valence-corrected chi connectivity index (χ2v) is 9.73. The van der Waals surface area contributed by atoms with Crippen molar-refractivity contribution < 1.29 is 18.7 Å². The van der Waals surface area contributed by atoms with Crippen molar-refractivity contribution in [3.05, 3.63) is 32.5 Å². The molecule has 0 aromatic heterocycles. The van der Waals surface area contributed by atoms with E-state index < -0.39 is 0 Å². The Balaban J connectivity index is 2.44. The SMILES string of the molecule is CCc1c(F)c(OCC=C(Br)Br)cc(C)c1OCCCCCCCON=C(C)C. The molecule has 0 atom stereocenters. The molecule has 0 heterocycles. The van der Waals surface area contributed by atoms with Gasteiger partial charge in [0.05, 0.1) is 15.7 Å². The van der Waals surface area contributed by atoms with E-state index in [1.165, 1.54) is 0 Å². The van der Waals surface area contributed by atoms with Gasteiger partial charge in [0, 0.05) is 5.56 Å². The van der Waals surface area contributed by atoms with Crippen molar-refractivity contribution in [2.45, 2.75) is 66.2 Å². The number of benzene rings is 1. The zero-order chi connectivity index (χ0) is 21.6. The molecule has 4 nitrogen and oxygen atoms in total. The summed E-state index contributed by atoms with van der Waals surface area (Å²) in [6, 6.07) is 1.71. The standard InChI is InChI=1S/C22H32Br2FNO3/c1-5-18-21(25)19(27-14-11-20(23)24)15-17(4)22(18)28-12-9-7-6-8-10-13-29-26-16(2)3/h11,15H,5-10,12-14H2,1-4H3. The van der Waals surface area contributed by atoms with Gasteiger partial charge in [0.15, 0.2) is 11.6 Å². The molecule has 0 bridgehead atoms. The van der Waals surface area contributed by atoms with Crippen molar-refractivity contribution >= 4 is 37.6 Å². The van der Waals surface area contributed by atoms with Gasteiger partial charge < -0.3 is 14.3 Å². The van der Waals surface area contributed by atoms with Gasteiger partial charge in [-0.15, -0.1) is 0 Å². The first kappa shape index (κ1) is 26.0. The van der Waals surface area contributed by atoms with Gasteiger partial charge in [0.25, 0.3) is 0 Å². The summed E-state index contributed by atoms with van der Waals surface area (Å²) < 4.78 is 27.1. The van der Waals surface area contributed by atoms with Gasteiger partial charge in [-0.05, 0) is 96.0 Å². The van der Waals surface area contributed by atoms with E-state index in [2.05, 4.69) is 37.0 Å². The molecular weight excluding hydrogens is 505 g/mol. The van der Waals surface area contributed by atoms with E-state index in [0.29, 0.717) is 30.9 Å². The quantitative estimate of drug-likeness (QED) is 0.141. The predicted molar refractivity (Wildman–Crippen MR) is 125 cm³/mol. The van der Waals surface area contributed by atoms with Crippen LogP contribution in [0.4, 0.5) is 4.39 Å². The van der Waals surface area contributed by atoms with Gasteiger partial charge in [0.1, 0.15) is 19.0 Å². The molecule has 0 unspecified atom stereocenters. The molecule has 0 amide bonds. The molecule has 0 aliphatic carbocycles. The number of hydrogen-bond donors (Lipinski definition) is 0. The molecule has 0 radical (unpaired) electrons. The van der Waals surface area contributed by atoms with Crippen molar-refractivity contribution in [3.63, 3.8) is 0 Å². The number of halogens is 3. The molecule has 1 aromatic rings. The fourth-order valence-corrected chi connectivity index (χ4v) is 3.04. The Hall–Kier alpha value is -1.08. The first-order valence-corrected chi connectivity index (χ1v) is 11.7. The van der Waals surface area contributed by atoms with Crippen LogP contribution in [0.25, 0.3) is 0 Å². The Labute approximate surface area is 191 Å². The van der Waals surface area contributed by atoms with Gasteiger partial charge in [0.2, 0.25) is 0 Å². The second kappa shape index (κ2) is 14.8. The van der Waals surface area contributed by atoms with Gasteiger partial charge in [-0.2, -0.15) is 0 Å². The van der Waals surface area contributed by atoms with E-state index in [1.807, 2.05) is 27.7 Å². The molecule has 0 saturated heterocycles. The van der Waals surface area contributed by atoms with Crippen LogP contribution in [0.2, 0.25) is 0 Å². The van der Waals surface area contributed by atoms with Crippen LogP contribution in [0.3, 0.4) is 0 Å². The molecule has 1 aromatic carbocycles. The largest absolute Gasteiger partial charge is 0.493 e. The third-order valence-corrected chi connectivity index (χ3v) is 4.81. The highest BCUT2D eigenvalue weighted by Crippen LogP contribution is 2.34. The van der Waals surface area contributed by atoms with Crippen LogP contribution < -0.4 is 9.47 Å². The highest BCUT2D eigenvalue weighted by molar-refractivity contribution is 9.28. The van der Waals surface area contributed by atoms with E-state index >= 15 is 0 Å². The Morgan fingerprint density at radius 3 is 2.34 bits per heavy atom. The third kappa shape index (κ3) is 10.5. The minimum atomic E-state index is -0.336. The smallest absolute Gasteiger partial charge is 0.171 e. The molecule has 0 spiro atoms. The minimum absolute atomic E-state index is 0.258. The molecule has 0 fully saturated rings. The minimum Gasteiger partial charge on any atom is -0.493 e. The van der Waals surface area contributed by atoms with Crippen LogP contribution in [0, 0.1) is 12.7 Å². The van der Waals surface area contributed by atoms with Crippen LogP contribution in [0.5, 0.6) is 11.5 Å². The highest BCUT2D eigenvalue weighted by Gasteiger charge is 2.17. The van der Waals surface area contributed by atoms with Gasteiger partial charge in [-0.1, -0.05) is 24.9 Å². The number of oxime groups is 1. The fourth-order valence-electron chi connectivity index (χ4n) is 2.78. The monoisotopic (exact) mass is 535 g/mol. The number of hydrogen-bond acceptors (Lipinski definition) is 4. The molecule has 164 valence electrons. The van der Waals surface area contributed by atoms with Crippen LogP contribution in [0.15, 0.2) is 20.7 Å². The summed E-state index contributed by atoms with van der Waals surface area (Å²) in [5.41, 5.74) is 2.40. The highest BCUT2D eigenvalue weighted by atomic mass is 79.9. The first-order chi connectivity index (χ1) is 13.9. The average molecular weight is 537 g/mol. The van der Waals surface area contributed by atoms with Crippen molar-refractivity contribution in [1.82, 2.24) is 0 Å². The third-order valence-electron chi connectivity index (χ3n) is 4.16. The Morgan fingerprint density at radius 2 is 1.72 bits per heavy atom. The summed E-state index contributed by atoms with van der Waals surface area (Å²) in [5.74, 6) is 0.571. The lowest BCUT2D eigenvalue weighted by Gasteiger charge is -2.17. The summed E-state index contributed by atoms with van der Waals surface area (Å²) in [4.78, 5) is 5.19. The van der Waals surface area contributed by atoms with Crippen molar-refractivity contribution in [2.24, 2.45) is 5.16 Å². The van der Waals surface area contributed by atoms with Crippen molar-refractivity contribution in [1.29, 1.82) is 0 Å². The molecular formula is C22H32Br2FNO3.